The van der Waals surface area contributed by atoms with E-state index in [2.05, 4.69) is 13.5 Å². The minimum absolute atomic E-state index is 0.123. The van der Waals surface area contributed by atoms with Gasteiger partial charge >= 0.3 is 0 Å². The Kier molecular flexibility index (Phi) is 7.60. The molecule has 0 N–H and O–H groups in total. The molecule has 2 nitrogen and oxygen atoms in total. The van der Waals surface area contributed by atoms with Crippen LogP contribution in [0.15, 0.2) is 12.7 Å². The average Bonchev–Trinajstić information content (AvgIpc) is 2.12. The highest BCUT2D eigenvalue weighted by atomic mass is 16.5. The fourth-order valence-electron chi connectivity index (χ4n) is 1.32. The van der Waals surface area contributed by atoms with Gasteiger partial charge in [0.1, 0.15) is 6.61 Å². The van der Waals surface area contributed by atoms with E-state index in [1.54, 1.807) is 7.11 Å². The van der Waals surface area contributed by atoms with Crippen LogP contribution in [-0.2, 0) is 9.53 Å². The van der Waals surface area contributed by atoms with E-state index in [9.17, 15) is 4.79 Å². The second kappa shape index (κ2) is 7.99. The lowest BCUT2D eigenvalue weighted by Crippen LogP contribution is -2.18. The number of unbranched alkanes of at least 4 members (excludes halogenated alkanes) is 1. The maximum atomic E-state index is 11.5. The Morgan fingerprint density at radius 2 is 2.31 bits per heavy atom. The standard InChI is InChI=1S/C11H20O2/c1-4-6-8-10(7-5-2)11(12)9-13-3/h5,10H,2,4,6-9H2,1,3H3. The summed E-state index contributed by atoms with van der Waals surface area (Å²) in [6, 6.07) is 0. The molecule has 0 bridgehead atoms. The van der Waals surface area contributed by atoms with E-state index >= 15 is 0 Å². The Bertz CT molecular complexity index is 152. The maximum absolute atomic E-state index is 11.5. The lowest BCUT2D eigenvalue weighted by atomic mass is 9.94. The van der Waals surface area contributed by atoms with Gasteiger partial charge in [-0.1, -0.05) is 25.8 Å². The van der Waals surface area contributed by atoms with Gasteiger partial charge in [0.2, 0.25) is 0 Å². The van der Waals surface area contributed by atoms with Crippen molar-refractivity contribution in [3.63, 3.8) is 0 Å². The number of carbonyl (C=O) groups is 1. The molecule has 0 aliphatic heterocycles. The summed E-state index contributed by atoms with van der Waals surface area (Å²) in [5.74, 6) is 0.327. The summed E-state index contributed by atoms with van der Waals surface area (Å²) >= 11 is 0. The van der Waals surface area contributed by atoms with Crippen LogP contribution in [0, 0.1) is 5.92 Å². The fraction of sp³-hybridized carbons (Fsp3) is 0.727. The summed E-state index contributed by atoms with van der Waals surface area (Å²) in [6.07, 6.45) is 5.79. The molecule has 76 valence electrons. The number of ether oxygens (including phenoxy) is 1. The normalized spacial score (nSPS) is 12.5. The molecule has 0 saturated heterocycles. The molecule has 0 aromatic heterocycles. The molecule has 1 atom stereocenters. The first-order valence-corrected chi connectivity index (χ1v) is 4.88. The molecule has 0 saturated carbocycles. The minimum Gasteiger partial charge on any atom is -0.377 e. The lowest BCUT2D eigenvalue weighted by Gasteiger charge is -2.12. The summed E-state index contributed by atoms with van der Waals surface area (Å²) in [5.41, 5.74) is 0. The minimum atomic E-state index is 0.123. The van der Waals surface area contributed by atoms with Crippen molar-refractivity contribution in [2.45, 2.75) is 32.6 Å². The number of hydrogen-bond donors (Lipinski definition) is 0. The Morgan fingerprint density at radius 1 is 1.62 bits per heavy atom. The Hall–Kier alpha value is -0.630. The van der Waals surface area contributed by atoms with Crippen molar-refractivity contribution >= 4 is 5.78 Å². The van der Waals surface area contributed by atoms with Gasteiger partial charge in [-0.2, -0.15) is 0 Å². The SMILES string of the molecule is C=CCC(CCCC)C(=O)COC. The van der Waals surface area contributed by atoms with E-state index in [0.29, 0.717) is 0 Å². The largest absolute Gasteiger partial charge is 0.377 e. The summed E-state index contributed by atoms with van der Waals surface area (Å²) in [6.45, 7) is 6.03. The highest BCUT2D eigenvalue weighted by Gasteiger charge is 2.15. The molecule has 2 heteroatoms. The van der Waals surface area contributed by atoms with E-state index in [1.807, 2.05) is 6.08 Å². The number of ketones is 1. The van der Waals surface area contributed by atoms with Crippen molar-refractivity contribution in [2.75, 3.05) is 13.7 Å². The van der Waals surface area contributed by atoms with Gasteiger partial charge in [-0.25, -0.2) is 0 Å². The topological polar surface area (TPSA) is 26.3 Å². The van der Waals surface area contributed by atoms with Gasteiger partial charge in [-0.3, -0.25) is 4.79 Å². The highest BCUT2D eigenvalue weighted by molar-refractivity contribution is 5.82. The second-order valence-corrected chi connectivity index (χ2v) is 3.26. The van der Waals surface area contributed by atoms with Gasteiger partial charge in [-0.15, -0.1) is 6.58 Å². The number of allylic oxidation sites excluding steroid dienone is 1. The number of Topliss-reactive ketones (excluding diaryl/α,β-unsaturated/α-hetero) is 1. The van der Waals surface area contributed by atoms with Gasteiger partial charge < -0.3 is 4.74 Å². The van der Waals surface area contributed by atoms with Gasteiger partial charge in [0.05, 0.1) is 0 Å². The molecule has 13 heavy (non-hydrogen) atoms. The van der Waals surface area contributed by atoms with Crippen LogP contribution in [0.5, 0.6) is 0 Å². The summed E-state index contributed by atoms with van der Waals surface area (Å²) in [5, 5.41) is 0. The summed E-state index contributed by atoms with van der Waals surface area (Å²) in [4.78, 5) is 11.5. The smallest absolute Gasteiger partial charge is 0.161 e. The van der Waals surface area contributed by atoms with Crippen LogP contribution in [0.2, 0.25) is 0 Å². The molecule has 0 heterocycles. The zero-order valence-corrected chi connectivity index (χ0v) is 8.71. The van der Waals surface area contributed by atoms with E-state index in [0.717, 1.165) is 25.7 Å². The Labute approximate surface area is 81.0 Å². The average molecular weight is 184 g/mol. The quantitative estimate of drug-likeness (QED) is 0.542. The molecule has 0 rings (SSSR count). The highest BCUT2D eigenvalue weighted by Crippen LogP contribution is 2.14. The molecule has 0 aliphatic carbocycles. The van der Waals surface area contributed by atoms with Gasteiger partial charge in [0, 0.05) is 13.0 Å². The lowest BCUT2D eigenvalue weighted by molar-refractivity contribution is -0.126. The third-order valence-corrected chi connectivity index (χ3v) is 2.10. The fourth-order valence-corrected chi connectivity index (χ4v) is 1.32. The molecule has 0 spiro atoms. The molecule has 0 radical (unpaired) electrons. The van der Waals surface area contributed by atoms with Crippen LogP contribution in [0.1, 0.15) is 32.6 Å². The Morgan fingerprint density at radius 3 is 2.77 bits per heavy atom. The predicted octanol–water partition coefficient (Wildman–Crippen LogP) is 2.58. The van der Waals surface area contributed by atoms with Crippen LogP contribution in [0.3, 0.4) is 0 Å². The molecule has 0 amide bonds. The molecule has 1 unspecified atom stereocenters. The van der Waals surface area contributed by atoms with Crippen molar-refractivity contribution in [3.8, 4) is 0 Å². The molecule has 0 aliphatic rings. The zero-order valence-electron chi connectivity index (χ0n) is 8.71. The molecule has 0 aromatic rings. The van der Waals surface area contributed by atoms with Crippen molar-refractivity contribution in [2.24, 2.45) is 5.92 Å². The molecular formula is C11H20O2. The summed E-state index contributed by atoms with van der Waals surface area (Å²) in [7, 11) is 1.56. The van der Waals surface area contributed by atoms with Crippen LogP contribution in [-0.4, -0.2) is 19.5 Å². The van der Waals surface area contributed by atoms with Gasteiger partial charge in [0.25, 0.3) is 0 Å². The van der Waals surface area contributed by atoms with Crippen molar-refractivity contribution in [1.82, 2.24) is 0 Å². The van der Waals surface area contributed by atoms with Gasteiger partial charge in [-0.05, 0) is 12.8 Å². The summed E-state index contributed by atoms with van der Waals surface area (Å²) < 4.78 is 4.83. The van der Waals surface area contributed by atoms with Crippen LogP contribution >= 0.6 is 0 Å². The zero-order chi connectivity index (χ0) is 10.1. The van der Waals surface area contributed by atoms with Gasteiger partial charge in [0.15, 0.2) is 5.78 Å². The first-order valence-electron chi connectivity index (χ1n) is 4.88. The first-order chi connectivity index (χ1) is 6.26. The first kappa shape index (κ1) is 12.4. The monoisotopic (exact) mass is 184 g/mol. The predicted molar refractivity (Wildman–Crippen MR) is 54.7 cm³/mol. The number of rotatable bonds is 8. The van der Waals surface area contributed by atoms with Crippen LogP contribution in [0.25, 0.3) is 0 Å². The molecule has 0 fully saturated rings. The van der Waals surface area contributed by atoms with E-state index in [-0.39, 0.29) is 18.3 Å². The van der Waals surface area contributed by atoms with Crippen molar-refractivity contribution < 1.29 is 9.53 Å². The Balaban J connectivity index is 3.90. The maximum Gasteiger partial charge on any atom is 0.161 e. The second-order valence-electron chi connectivity index (χ2n) is 3.26. The number of carbonyl (C=O) groups excluding carboxylic acids is 1. The van der Waals surface area contributed by atoms with E-state index < -0.39 is 0 Å². The molecular weight excluding hydrogens is 164 g/mol. The number of methoxy groups -OCH3 is 1. The van der Waals surface area contributed by atoms with Crippen molar-refractivity contribution in [3.05, 3.63) is 12.7 Å². The van der Waals surface area contributed by atoms with Crippen LogP contribution < -0.4 is 0 Å². The third kappa shape index (κ3) is 5.58. The van der Waals surface area contributed by atoms with Crippen molar-refractivity contribution in [1.29, 1.82) is 0 Å². The third-order valence-electron chi connectivity index (χ3n) is 2.10. The van der Waals surface area contributed by atoms with E-state index in [4.69, 9.17) is 4.74 Å². The number of hydrogen-bond acceptors (Lipinski definition) is 2. The molecule has 0 aromatic carbocycles. The van der Waals surface area contributed by atoms with Crippen LogP contribution in [0.4, 0.5) is 0 Å². The van der Waals surface area contributed by atoms with E-state index in [1.165, 1.54) is 0 Å².